The van der Waals surface area contributed by atoms with Crippen molar-refractivity contribution in [2.75, 3.05) is 13.7 Å². The van der Waals surface area contributed by atoms with E-state index in [9.17, 15) is 4.79 Å². The normalized spacial score (nSPS) is 11.5. The van der Waals surface area contributed by atoms with Crippen LogP contribution < -0.4 is 4.74 Å². The zero-order valence-electron chi connectivity index (χ0n) is 13.7. The molecule has 0 fully saturated rings. The first-order chi connectivity index (χ1) is 11.7. The predicted octanol–water partition coefficient (Wildman–Crippen LogP) is 4.17. The fraction of sp³-hybridized carbons (Fsp3) is 0.150. The number of carbonyl (C=O) groups is 1. The van der Waals surface area contributed by atoms with Gasteiger partial charge in [0.15, 0.2) is 0 Å². The second-order valence-corrected chi connectivity index (χ2v) is 5.26. The van der Waals surface area contributed by atoms with E-state index in [2.05, 4.69) is 4.98 Å². The number of hydrogen-bond donors (Lipinski definition) is 1. The minimum atomic E-state index is -0.351. The third-order valence-electron chi connectivity index (χ3n) is 3.83. The first-order valence-corrected chi connectivity index (χ1v) is 7.83. The van der Waals surface area contributed by atoms with Crippen LogP contribution in [0.25, 0.3) is 16.5 Å². The first-order valence-electron chi connectivity index (χ1n) is 7.83. The van der Waals surface area contributed by atoms with Gasteiger partial charge in [-0.15, -0.1) is 0 Å². The highest BCUT2D eigenvalue weighted by Gasteiger charge is 2.14. The number of benzene rings is 2. The Kier molecular flexibility index (Phi) is 4.66. The molecule has 0 saturated carbocycles. The Bertz CT molecular complexity index is 878. The van der Waals surface area contributed by atoms with Crippen LogP contribution in [0.1, 0.15) is 18.1 Å². The number of rotatable bonds is 5. The van der Waals surface area contributed by atoms with E-state index in [4.69, 9.17) is 9.47 Å². The van der Waals surface area contributed by atoms with Crippen molar-refractivity contribution in [1.82, 2.24) is 4.98 Å². The van der Waals surface area contributed by atoms with Crippen LogP contribution in [-0.2, 0) is 9.53 Å². The lowest BCUT2D eigenvalue weighted by molar-refractivity contribution is -0.137. The first kappa shape index (κ1) is 15.9. The molecule has 0 radical (unpaired) electrons. The van der Waals surface area contributed by atoms with Gasteiger partial charge < -0.3 is 14.5 Å². The summed E-state index contributed by atoms with van der Waals surface area (Å²) in [6.45, 7) is 2.14. The zero-order chi connectivity index (χ0) is 16.9. The molecule has 122 valence electrons. The molecule has 0 spiro atoms. The van der Waals surface area contributed by atoms with Crippen LogP contribution in [0.4, 0.5) is 0 Å². The lowest BCUT2D eigenvalue weighted by Gasteiger charge is -2.12. The molecule has 0 atom stereocenters. The molecule has 3 rings (SSSR count). The molecule has 0 aliphatic rings. The molecule has 1 aromatic heterocycles. The highest BCUT2D eigenvalue weighted by atomic mass is 16.5. The molecule has 3 aromatic rings. The number of esters is 1. The van der Waals surface area contributed by atoms with Crippen molar-refractivity contribution in [3.05, 3.63) is 71.9 Å². The molecule has 0 amide bonds. The Balaban J connectivity index is 2.20. The summed E-state index contributed by atoms with van der Waals surface area (Å²) < 4.78 is 10.5. The molecular formula is C20H19NO3. The summed E-state index contributed by atoms with van der Waals surface area (Å²) >= 11 is 0. The summed E-state index contributed by atoms with van der Waals surface area (Å²) in [5.41, 5.74) is 3.63. The zero-order valence-corrected chi connectivity index (χ0v) is 13.7. The van der Waals surface area contributed by atoms with Gasteiger partial charge in [-0.2, -0.15) is 0 Å². The topological polar surface area (TPSA) is 51.3 Å². The van der Waals surface area contributed by atoms with Gasteiger partial charge in [-0.1, -0.05) is 30.3 Å². The molecule has 0 aliphatic carbocycles. The van der Waals surface area contributed by atoms with E-state index in [1.165, 1.54) is 0 Å². The highest BCUT2D eigenvalue weighted by molar-refractivity contribution is 6.04. The molecule has 24 heavy (non-hydrogen) atoms. The Morgan fingerprint density at radius 3 is 2.62 bits per heavy atom. The second kappa shape index (κ2) is 7.04. The van der Waals surface area contributed by atoms with Gasteiger partial charge in [-0.3, -0.25) is 0 Å². The number of methoxy groups -OCH3 is 1. The molecule has 0 unspecified atom stereocenters. The predicted molar refractivity (Wildman–Crippen MR) is 95.0 cm³/mol. The van der Waals surface area contributed by atoms with Crippen LogP contribution in [0, 0.1) is 0 Å². The highest BCUT2D eigenvalue weighted by Crippen LogP contribution is 2.34. The fourth-order valence-corrected chi connectivity index (χ4v) is 2.77. The van der Waals surface area contributed by atoms with E-state index < -0.39 is 0 Å². The van der Waals surface area contributed by atoms with Gasteiger partial charge in [-0.25, -0.2) is 4.79 Å². The Hall–Kier alpha value is -3.01. The van der Waals surface area contributed by atoms with Crippen molar-refractivity contribution in [3.8, 4) is 5.75 Å². The van der Waals surface area contributed by atoms with Crippen molar-refractivity contribution < 1.29 is 14.3 Å². The Morgan fingerprint density at radius 1 is 1.12 bits per heavy atom. The fourth-order valence-electron chi connectivity index (χ4n) is 2.77. The van der Waals surface area contributed by atoms with Gasteiger partial charge in [0.25, 0.3) is 0 Å². The summed E-state index contributed by atoms with van der Waals surface area (Å²) in [4.78, 5) is 15.3. The lowest BCUT2D eigenvalue weighted by Crippen LogP contribution is -2.02. The van der Waals surface area contributed by atoms with Gasteiger partial charge in [0.2, 0.25) is 0 Å². The van der Waals surface area contributed by atoms with Crippen molar-refractivity contribution in [3.63, 3.8) is 0 Å². The van der Waals surface area contributed by atoms with E-state index in [1.807, 2.05) is 54.7 Å². The summed E-state index contributed by atoms with van der Waals surface area (Å²) in [6.07, 6.45) is 3.41. The minimum Gasteiger partial charge on any atom is -0.495 e. The van der Waals surface area contributed by atoms with Gasteiger partial charge in [0.05, 0.1) is 19.2 Å². The standard InChI is InChI=1S/C20H19NO3/c1-3-24-19(22)13-17(14-7-5-4-6-8-14)15-9-10-18(23-2)20-16(15)11-12-21-20/h4-13,21H,3H2,1-2H3. The molecular weight excluding hydrogens is 302 g/mol. The molecule has 4 heteroatoms. The maximum absolute atomic E-state index is 12.1. The van der Waals surface area contributed by atoms with E-state index in [-0.39, 0.29) is 5.97 Å². The van der Waals surface area contributed by atoms with Gasteiger partial charge >= 0.3 is 5.97 Å². The van der Waals surface area contributed by atoms with Crippen LogP contribution in [0.15, 0.2) is 60.8 Å². The number of aromatic amines is 1. The van der Waals surface area contributed by atoms with Crippen molar-refractivity contribution in [1.29, 1.82) is 0 Å². The number of ether oxygens (including phenoxy) is 2. The average molecular weight is 321 g/mol. The van der Waals surface area contributed by atoms with Crippen LogP contribution in [0.2, 0.25) is 0 Å². The Labute approximate surface area is 140 Å². The average Bonchev–Trinajstić information content (AvgIpc) is 3.10. The van der Waals surface area contributed by atoms with E-state index in [0.717, 1.165) is 33.4 Å². The van der Waals surface area contributed by atoms with Crippen LogP contribution in [0.3, 0.4) is 0 Å². The van der Waals surface area contributed by atoms with Crippen LogP contribution in [0.5, 0.6) is 5.75 Å². The third-order valence-corrected chi connectivity index (χ3v) is 3.83. The number of aromatic nitrogens is 1. The van der Waals surface area contributed by atoms with E-state index in [1.54, 1.807) is 20.1 Å². The smallest absolute Gasteiger partial charge is 0.331 e. The number of H-pyrrole nitrogens is 1. The minimum absolute atomic E-state index is 0.347. The maximum atomic E-state index is 12.1. The molecule has 1 heterocycles. The largest absolute Gasteiger partial charge is 0.495 e. The van der Waals surface area contributed by atoms with Gasteiger partial charge in [0.1, 0.15) is 5.75 Å². The summed E-state index contributed by atoms with van der Waals surface area (Å²) in [5.74, 6) is 0.415. The van der Waals surface area contributed by atoms with Crippen LogP contribution in [-0.4, -0.2) is 24.7 Å². The Morgan fingerprint density at radius 2 is 1.92 bits per heavy atom. The number of nitrogens with one attached hydrogen (secondary N) is 1. The SMILES string of the molecule is CCOC(=O)C=C(c1ccccc1)c1ccc(OC)c2[nH]ccc12. The van der Waals surface area contributed by atoms with Crippen molar-refractivity contribution in [2.24, 2.45) is 0 Å². The number of hydrogen-bond acceptors (Lipinski definition) is 3. The maximum Gasteiger partial charge on any atom is 0.331 e. The summed E-state index contributed by atoms with van der Waals surface area (Å²) in [7, 11) is 1.64. The van der Waals surface area contributed by atoms with Crippen molar-refractivity contribution in [2.45, 2.75) is 6.92 Å². The molecule has 1 N–H and O–H groups in total. The molecule has 0 aliphatic heterocycles. The molecule has 2 aromatic carbocycles. The quantitative estimate of drug-likeness (QED) is 0.567. The summed E-state index contributed by atoms with van der Waals surface area (Å²) in [6, 6.07) is 15.7. The van der Waals surface area contributed by atoms with Crippen LogP contribution >= 0.6 is 0 Å². The number of carbonyl (C=O) groups excluding carboxylic acids is 1. The second-order valence-electron chi connectivity index (χ2n) is 5.26. The van der Waals surface area contributed by atoms with Crippen molar-refractivity contribution >= 4 is 22.4 Å². The number of fused-ring (bicyclic) bond motifs is 1. The molecule has 0 bridgehead atoms. The van der Waals surface area contributed by atoms with Gasteiger partial charge in [-0.05, 0) is 41.8 Å². The van der Waals surface area contributed by atoms with E-state index in [0.29, 0.717) is 6.61 Å². The molecule has 0 saturated heterocycles. The lowest BCUT2D eigenvalue weighted by atomic mass is 9.94. The monoisotopic (exact) mass is 321 g/mol. The summed E-state index contributed by atoms with van der Waals surface area (Å²) in [5, 5.41) is 0.994. The van der Waals surface area contributed by atoms with Gasteiger partial charge in [0, 0.05) is 17.7 Å². The third kappa shape index (κ3) is 3.04. The molecule has 4 nitrogen and oxygen atoms in total. The van der Waals surface area contributed by atoms with E-state index >= 15 is 0 Å².